The fraction of sp³-hybridized carbons (Fsp3) is 0.444. The van der Waals surface area contributed by atoms with E-state index in [9.17, 15) is 0 Å². The van der Waals surface area contributed by atoms with Crippen molar-refractivity contribution in [1.82, 2.24) is 10.3 Å². The second-order valence-corrected chi connectivity index (χ2v) is 2.77. The summed E-state index contributed by atoms with van der Waals surface area (Å²) in [6.07, 6.45) is 4.78. The molecule has 0 aromatic carbocycles. The summed E-state index contributed by atoms with van der Waals surface area (Å²) in [6.45, 7) is 2.58. The summed E-state index contributed by atoms with van der Waals surface area (Å²) in [4.78, 5) is 3.93. The zero-order chi connectivity index (χ0) is 8.23. The number of hydrogen-bond donors (Lipinski definition) is 1. The van der Waals surface area contributed by atoms with Crippen molar-refractivity contribution in [2.75, 3.05) is 19.7 Å². The van der Waals surface area contributed by atoms with E-state index in [-0.39, 0.29) is 6.10 Å². The second kappa shape index (κ2) is 3.65. The van der Waals surface area contributed by atoms with Gasteiger partial charge < -0.3 is 10.1 Å². The highest BCUT2D eigenvalue weighted by atomic mass is 16.5. The van der Waals surface area contributed by atoms with E-state index in [1.54, 1.807) is 6.20 Å². The van der Waals surface area contributed by atoms with Crippen molar-refractivity contribution in [3.63, 3.8) is 0 Å². The van der Waals surface area contributed by atoms with Crippen molar-refractivity contribution >= 4 is 0 Å². The van der Waals surface area contributed by atoms with Crippen LogP contribution in [0.4, 0.5) is 0 Å². The molecule has 1 aliphatic rings. The third-order valence-corrected chi connectivity index (χ3v) is 1.90. The molecule has 2 heterocycles. The Balaban J connectivity index is 2.08. The van der Waals surface area contributed by atoms with Crippen LogP contribution in [0.25, 0.3) is 0 Å². The van der Waals surface area contributed by atoms with Crippen LogP contribution in [-0.4, -0.2) is 24.7 Å². The summed E-state index contributed by atoms with van der Waals surface area (Å²) in [6, 6.07) is 3.90. The van der Waals surface area contributed by atoms with Crippen molar-refractivity contribution in [2.45, 2.75) is 6.10 Å². The van der Waals surface area contributed by atoms with E-state index in [0.29, 0.717) is 0 Å². The molecule has 63 valence electrons. The number of pyridine rings is 1. The highest BCUT2D eigenvalue weighted by molar-refractivity contribution is 5.11. The summed E-state index contributed by atoms with van der Waals surface area (Å²) in [5.74, 6) is 0. The summed E-state index contributed by atoms with van der Waals surface area (Å²) >= 11 is 0. The van der Waals surface area contributed by atoms with Gasteiger partial charge in [-0.2, -0.15) is 0 Å². The van der Waals surface area contributed by atoms with Gasteiger partial charge in [0.05, 0.1) is 18.9 Å². The molecule has 1 fully saturated rings. The van der Waals surface area contributed by atoms with Crippen LogP contribution in [0.3, 0.4) is 0 Å². The summed E-state index contributed by atoms with van der Waals surface area (Å²) in [5.41, 5.74) is 1.03. The Labute approximate surface area is 71.8 Å². The number of morpholine rings is 1. The van der Waals surface area contributed by atoms with Gasteiger partial charge in [0.2, 0.25) is 0 Å². The van der Waals surface area contributed by atoms with Crippen molar-refractivity contribution in [3.8, 4) is 0 Å². The van der Waals surface area contributed by atoms with Crippen LogP contribution in [-0.2, 0) is 4.74 Å². The van der Waals surface area contributed by atoms with Gasteiger partial charge in [0, 0.05) is 24.8 Å². The van der Waals surface area contributed by atoms with Gasteiger partial charge in [-0.15, -0.1) is 0 Å². The second-order valence-electron chi connectivity index (χ2n) is 2.77. The Morgan fingerprint density at radius 3 is 3.33 bits per heavy atom. The maximum Gasteiger partial charge on any atom is 0.0971 e. The van der Waals surface area contributed by atoms with Gasteiger partial charge in [0.25, 0.3) is 0 Å². The van der Waals surface area contributed by atoms with Gasteiger partial charge in [-0.25, -0.2) is 0 Å². The first-order valence-electron chi connectivity index (χ1n) is 4.12. The fourth-order valence-corrected chi connectivity index (χ4v) is 1.28. The van der Waals surface area contributed by atoms with E-state index >= 15 is 0 Å². The molecule has 0 spiro atoms. The first-order chi connectivity index (χ1) is 5.97. The van der Waals surface area contributed by atoms with Gasteiger partial charge in [0.15, 0.2) is 0 Å². The van der Waals surface area contributed by atoms with Crippen LogP contribution >= 0.6 is 0 Å². The van der Waals surface area contributed by atoms with Gasteiger partial charge >= 0.3 is 0 Å². The Morgan fingerprint density at radius 1 is 1.67 bits per heavy atom. The summed E-state index contributed by atoms with van der Waals surface area (Å²) in [7, 11) is 0. The van der Waals surface area contributed by atoms with E-state index in [2.05, 4.69) is 16.5 Å². The third kappa shape index (κ3) is 1.62. The minimum absolute atomic E-state index is 0.132. The molecule has 0 bridgehead atoms. The van der Waals surface area contributed by atoms with Crippen LogP contribution < -0.4 is 5.32 Å². The van der Waals surface area contributed by atoms with E-state index in [1.807, 2.05) is 12.1 Å². The molecule has 0 amide bonds. The van der Waals surface area contributed by atoms with Gasteiger partial charge in [-0.05, 0) is 6.07 Å². The average molecular weight is 163 g/mol. The third-order valence-electron chi connectivity index (χ3n) is 1.90. The monoisotopic (exact) mass is 163 g/mol. The molecule has 0 aliphatic carbocycles. The van der Waals surface area contributed by atoms with E-state index in [0.717, 1.165) is 25.3 Å². The smallest absolute Gasteiger partial charge is 0.0971 e. The summed E-state index contributed by atoms with van der Waals surface area (Å²) < 4.78 is 5.53. The minimum atomic E-state index is 0.132. The molecule has 1 unspecified atom stereocenters. The van der Waals surface area contributed by atoms with Gasteiger partial charge in [-0.1, -0.05) is 6.07 Å². The minimum Gasteiger partial charge on any atom is -0.371 e. The molecule has 1 atom stereocenters. The lowest BCUT2D eigenvalue weighted by molar-refractivity contribution is 0.0273. The fourth-order valence-electron chi connectivity index (χ4n) is 1.28. The average Bonchev–Trinajstić information content (AvgIpc) is 2.21. The summed E-state index contributed by atoms with van der Waals surface area (Å²) in [5, 5.41) is 3.26. The maximum atomic E-state index is 5.53. The van der Waals surface area contributed by atoms with Crippen LogP contribution in [0.1, 0.15) is 11.7 Å². The first-order valence-corrected chi connectivity index (χ1v) is 4.12. The Morgan fingerprint density at radius 2 is 2.67 bits per heavy atom. The largest absolute Gasteiger partial charge is 0.371 e. The SMILES string of the molecule is [c]1ncccc1C1CNCCO1. The number of ether oxygens (including phenoxy) is 1. The molecular weight excluding hydrogens is 152 g/mol. The Hall–Kier alpha value is -0.930. The molecule has 1 saturated heterocycles. The molecule has 2 rings (SSSR count). The predicted molar refractivity (Wildman–Crippen MR) is 44.6 cm³/mol. The standard InChI is InChI=1S/C9H11N2O/c1-2-8(6-10-3-1)9-7-11-4-5-12-9/h1-3,9,11H,4-5,7H2. The molecule has 1 N–H and O–H groups in total. The molecule has 3 heteroatoms. The number of aromatic nitrogens is 1. The van der Waals surface area contributed by atoms with E-state index in [4.69, 9.17) is 4.74 Å². The molecule has 3 nitrogen and oxygen atoms in total. The normalized spacial score (nSPS) is 23.8. The van der Waals surface area contributed by atoms with E-state index < -0.39 is 0 Å². The quantitative estimate of drug-likeness (QED) is 0.656. The maximum absolute atomic E-state index is 5.53. The molecule has 1 aliphatic heterocycles. The Bertz CT molecular complexity index is 232. The predicted octanol–water partition coefficient (Wildman–Crippen LogP) is 0.543. The lowest BCUT2D eigenvalue weighted by atomic mass is 10.1. The van der Waals surface area contributed by atoms with Gasteiger partial charge in [0.1, 0.15) is 0 Å². The van der Waals surface area contributed by atoms with Gasteiger partial charge in [-0.3, -0.25) is 4.98 Å². The number of nitrogens with one attached hydrogen (secondary N) is 1. The highest BCUT2D eigenvalue weighted by Crippen LogP contribution is 2.15. The van der Waals surface area contributed by atoms with Crippen LogP contribution in [0.2, 0.25) is 0 Å². The molecule has 1 aromatic heterocycles. The van der Waals surface area contributed by atoms with Crippen molar-refractivity contribution < 1.29 is 4.74 Å². The Kier molecular flexibility index (Phi) is 2.34. The zero-order valence-corrected chi connectivity index (χ0v) is 6.79. The molecule has 0 saturated carbocycles. The highest BCUT2D eigenvalue weighted by Gasteiger charge is 2.15. The van der Waals surface area contributed by atoms with Crippen LogP contribution in [0, 0.1) is 6.20 Å². The zero-order valence-electron chi connectivity index (χ0n) is 6.79. The number of nitrogens with zero attached hydrogens (tertiary/aromatic N) is 1. The lowest BCUT2D eigenvalue weighted by Gasteiger charge is -2.23. The number of rotatable bonds is 1. The van der Waals surface area contributed by atoms with Crippen molar-refractivity contribution in [3.05, 3.63) is 30.1 Å². The molecular formula is C9H11N2O. The van der Waals surface area contributed by atoms with Crippen LogP contribution in [0.5, 0.6) is 0 Å². The van der Waals surface area contributed by atoms with Crippen molar-refractivity contribution in [2.24, 2.45) is 0 Å². The van der Waals surface area contributed by atoms with Crippen LogP contribution in [0.15, 0.2) is 18.3 Å². The van der Waals surface area contributed by atoms with Crippen molar-refractivity contribution in [1.29, 1.82) is 0 Å². The molecule has 1 aromatic rings. The first kappa shape index (κ1) is 7.71. The van der Waals surface area contributed by atoms with E-state index in [1.165, 1.54) is 0 Å². The molecule has 1 radical (unpaired) electrons. The topological polar surface area (TPSA) is 34.2 Å². The lowest BCUT2D eigenvalue weighted by Crippen LogP contribution is -2.33. The molecule has 12 heavy (non-hydrogen) atoms. The number of hydrogen-bond acceptors (Lipinski definition) is 3.